The Labute approximate surface area is 99.0 Å². The summed E-state index contributed by atoms with van der Waals surface area (Å²) in [5, 5.41) is 0. The van der Waals surface area contributed by atoms with Gasteiger partial charge in [0, 0.05) is 43.9 Å². The Hall–Kier alpha value is -0.283. The number of rotatable bonds is 8. The zero-order valence-corrected chi connectivity index (χ0v) is 11.8. The van der Waals surface area contributed by atoms with E-state index in [0.29, 0.717) is 6.04 Å². The normalized spacial score (nSPS) is 13.5. The molecule has 0 rings (SSSR count). The largest absolute Gasteiger partial charge is 0.501 e. The molecule has 1 atom stereocenters. The zero-order valence-electron chi connectivity index (χ0n) is 9.98. The molecular weight excluding hydrogens is 252 g/mol. The highest BCUT2D eigenvalue weighted by atomic mass is 32.2. The molecule has 0 aliphatic rings. The van der Waals surface area contributed by atoms with Crippen LogP contribution in [-0.4, -0.2) is 58.9 Å². The van der Waals surface area contributed by atoms with Crippen molar-refractivity contribution >= 4 is 25.6 Å². The molecule has 8 heteroatoms. The van der Waals surface area contributed by atoms with Gasteiger partial charge in [0.1, 0.15) is 5.75 Å². The molecule has 0 heterocycles. The second-order valence-corrected chi connectivity index (χ2v) is 7.58. The summed E-state index contributed by atoms with van der Waals surface area (Å²) in [4.78, 5) is 10.9. The fourth-order valence-corrected chi connectivity index (χ4v) is 4.61. The zero-order chi connectivity index (χ0) is 12.6. The first-order chi connectivity index (χ1) is 7.53. The van der Waals surface area contributed by atoms with E-state index in [9.17, 15) is 9.00 Å². The molecule has 0 aromatic heterocycles. The Kier molecular flexibility index (Phi) is 7.76. The van der Waals surface area contributed by atoms with Gasteiger partial charge in [0.05, 0.1) is 7.11 Å². The highest BCUT2D eigenvalue weighted by molar-refractivity contribution is 7.85. The molecule has 0 radical (unpaired) electrons. The fraction of sp³-hybridized carbons (Fsp3) is 0.875. The van der Waals surface area contributed by atoms with Crippen LogP contribution < -0.4 is 0 Å². The van der Waals surface area contributed by atoms with Gasteiger partial charge in [-0.05, 0) is 0 Å². The number of ether oxygens (including phenoxy) is 1. The minimum absolute atomic E-state index is 0.113. The van der Waals surface area contributed by atoms with Crippen LogP contribution in [0.25, 0.3) is 0 Å². The van der Waals surface area contributed by atoms with Gasteiger partial charge in [0.25, 0.3) is 0 Å². The summed E-state index contributed by atoms with van der Waals surface area (Å²) in [6, 6.07) is 0.403. The highest BCUT2D eigenvalue weighted by Gasteiger charge is 2.37. The van der Waals surface area contributed by atoms with Crippen LogP contribution in [0.5, 0.6) is 0 Å². The van der Waals surface area contributed by atoms with Crippen molar-refractivity contribution in [1.29, 1.82) is 0 Å². The van der Waals surface area contributed by atoms with Crippen LogP contribution in [0.1, 0.15) is 0 Å². The summed E-state index contributed by atoms with van der Waals surface area (Å²) in [6.45, 7) is 0. The lowest BCUT2D eigenvalue weighted by molar-refractivity contribution is -0.137. The molecule has 0 spiro atoms. The number of hydrogen-bond donors (Lipinski definition) is 0. The minimum Gasteiger partial charge on any atom is -0.468 e. The van der Waals surface area contributed by atoms with Crippen molar-refractivity contribution in [3.63, 3.8) is 0 Å². The summed E-state index contributed by atoms with van der Waals surface area (Å²) < 4.78 is 31.4. The van der Waals surface area contributed by atoms with E-state index < -0.39 is 25.6 Å². The van der Waals surface area contributed by atoms with E-state index in [2.05, 4.69) is 4.74 Å². The molecule has 0 aliphatic heterocycles. The van der Waals surface area contributed by atoms with Crippen molar-refractivity contribution in [2.24, 2.45) is 0 Å². The average molecular weight is 270 g/mol. The Morgan fingerprint density at radius 3 is 2.00 bits per heavy atom. The van der Waals surface area contributed by atoms with E-state index in [1.807, 2.05) is 0 Å². The molecule has 0 saturated carbocycles. The topological polar surface area (TPSA) is 71.1 Å². The summed E-state index contributed by atoms with van der Waals surface area (Å²) in [7, 11) is 1.76. The molecule has 0 N–H and O–H groups in total. The van der Waals surface area contributed by atoms with Crippen LogP contribution in [0.3, 0.4) is 0 Å². The molecule has 0 saturated heterocycles. The third kappa shape index (κ3) is 5.17. The Balaban J connectivity index is 4.11. The summed E-state index contributed by atoms with van der Waals surface area (Å²) >= 11 is 0. The van der Waals surface area contributed by atoms with Crippen molar-refractivity contribution in [3.05, 3.63) is 0 Å². The number of hydrogen-bond acceptors (Lipinski definition) is 6. The van der Waals surface area contributed by atoms with Gasteiger partial charge in [-0.15, -0.1) is 0 Å². The van der Waals surface area contributed by atoms with Gasteiger partial charge in [-0.3, -0.25) is 9.00 Å². The molecule has 96 valence electrons. The molecule has 0 amide bonds. The van der Waals surface area contributed by atoms with Gasteiger partial charge in [-0.1, -0.05) is 0 Å². The predicted molar refractivity (Wildman–Crippen MR) is 61.5 cm³/mol. The lowest BCUT2D eigenvalue weighted by Crippen LogP contribution is -2.44. The van der Waals surface area contributed by atoms with Crippen LogP contribution in [0.2, 0.25) is 6.04 Å². The minimum atomic E-state index is -2.69. The molecule has 6 nitrogen and oxygen atoms in total. The smallest absolute Gasteiger partial charge is 0.468 e. The average Bonchev–Trinajstić information content (AvgIpc) is 2.31. The van der Waals surface area contributed by atoms with Gasteiger partial charge < -0.3 is 18.0 Å². The van der Waals surface area contributed by atoms with Gasteiger partial charge in [0.2, 0.25) is 0 Å². The number of carbonyl (C=O) groups is 1. The summed E-state index contributed by atoms with van der Waals surface area (Å²) in [5.41, 5.74) is 0. The van der Waals surface area contributed by atoms with E-state index in [-0.39, 0.29) is 11.5 Å². The van der Waals surface area contributed by atoms with Gasteiger partial charge in [-0.2, -0.15) is 0 Å². The lowest BCUT2D eigenvalue weighted by Gasteiger charge is -2.23. The molecule has 0 aliphatic carbocycles. The lowest BCUT2D eigenvalue weighted by atomic mass is 10.8. The van der Waals surface area contributed by atoms with Crippen LogP contribution in [0.4, 0.5) is 0 Å². The fourth-order valence-electron chi connectivity index (χ4n) is 1.06. The third-order valence-corrected chi connectivity index (χ3v) is 6.38. The standard InChI is InChI=1S/C8H18O6SSi/c1-11-8(9)7-15(10)5-6-16(12-2,13-3)14-4/h5-7H2,1-4H3. The Morgan fingerprint density at radius 2 is 1.62 bits per heavy atom. The monoisotopic (exact) mass is 270 g/mol. The molecule has 0 bridgehead atoms. The first-order valence-electron chi connectivity index (χ1n) is 4.60. The summed E-state index contributed by atoms with van der Waals surface area (Å²) in [6.07, 6.45) is 0. The van der Waals surface area contributed by atoms with E-state index in [1.165, 1.54) is 28.4 Å². The quantitative estimate of drug-likeness (QED) is 0.449. The molecule has 16 heavy (non-hydrogen) atoms. The number of esters is 1. The van der Waals surface area contributed by atoms with Crippen molar-refractivity contribution in [2.75, 3.05) is 39.9 Å². The maximum atomic E-state index is 11.5. The highest BCUT2D eigenvalue weighted by Crippen LogP contribution is 2.12. The SMILES string of the molecule is COC(=O)CS(=O)CC[Si](OC)(OC)OC. The van der Waals surface area contributed by atoms with E-state index in [0.717, 1.165) is 0 Å². The Morgan fingerprint density at radius 1 is 1.12 bits per heavy atom. The summed E-state index contributed by atoms with van der Waals surface area (Å²) in [5.74, 6) is -0.313. The van der Waals surface area contributed by atoms with Crippen LogP contribution in [0, 0.1) is 0 Å². The van der Waals surface area contributed by atoms with Crippen LogP contribution in [0.15, 0.2) is 0 Å². The van der Waals surface area contributed by atoms with E-state index in [4.69, 9.17) is 13.3 Å². The van der Waals surface area contributed by atoms with E-state index >= 15 is 0 Å². The van der Waals surface area contributed by atoms with E-state index in [1.54, 1.807) is 0 Å². The maximum Gasteiger partial charge on any atom is 0.501 e. The molecular formula is C8H18O6SSi. The molecule has 0 aromatic rings. The first-order valence-corrected chi connectivity index (χ1v) is 8.02. The van der Waals surface area contributed by atoms with Gasteiger partial charge in [0.15, 0.2) is 0 Å². The second-order valence-electron chi connectivity index (χ2n) is 2.91. The predicted octanol–water partition coefficient (Wildman–Crippen LogP) is -0.214. The number of carbonyl (C=O) groups excluding carboxylic acids is 1. The van der Waals surface area contributed by atoms with Crippen molar-refractivity contribution in [1.82, 2.24) is 0 Å². The maximum absolute atomic E-state index is 11.5. The van der Waals surface area contributed by atoms with Crippen LogP contribution >= 0.6 is 0 Å². The van der Waals surface area contributed by atoms with Gasteiger partial charge in [-0.25, -0.2) is 0 Å². The van der Waals surface area contributed by atoms with Crippen LogP contribution in [-0.2, 0) is 33.6 Å². The van der Waals surface area contributed by atoms with Crippen molar-refractivity contribution in [3.8, 4) is 0 Å². The second kappa shape index (κ2) is 7.90. The van der Waals surface area contributed by atoms with Gasteiger partial charge >= 0.3 is 14.8 Å². The number of methoxy groups -OCH3 is 1. The van der Waals surface area contributed by atoms with Crippen molar-refractivity contribution in [2.45, 2.75) is 6.04 Å². The third-order valence-electron chi connectivity index (χ3n) is 2.08. The molecule has 0 aromatic carbocycles. The Bertz CT molecular complexity index is 234. The first kappa shape index (κ1) is 15.7. The van der Waals surface area contributed by atoms with Crippen molar-refractivity contribution < 1.29 is 27.0 Å². The molecule has 0 fully saturated rings. The molecule has 1 unspecified atom stereocenters.